The van der Waals surface area contributed by atoms with Crippen molar-refractivity contribution < 1.29 is 4.74 Å². The average molecular weight is 301 g/mol. The molecule has 0 aromatic heterocycles. The standard InChI is InChI=1S/C18H27N3O/c1-22-17-9-5-6-13(12-17)14-10-16(11-14)21-18(19)20-15-7-3-2-4-8-15/h5-6,9,12,14-16H,2-4,7-8,10-11H2,1H3,(H3,19,20,21). The van der Waals surface area contributed by atoms with Crippen LogP contribution in [0.4, 0.5) is 0 Å². The van der Waals surface area contributed by atoms with E-state index in [4.69, 9.17) is 10.5 Å². The predicted octanol–water partition coefficient (Wildman–Crippen LogP) is 3.18. The summed E-state index contributed by atoms with van der Waals surface area (Å²) in [7, 11) is 1.71. The van der Waals surface area contributed by atoms with E-state index in [0.717, 1.165) is 18.6 Å². The van der Waals surface area contributed by atoms with E-state index in [0.29, 0.717) is 24.0 Å². The monoisotopic (exact) mass is 301 g/mol. The van der Waals surface area contributed by atoms with Crippen molar-refractivity contribution in [3.05, 3.63) is 29.8 Å². The fraction of sp³-hybridized carbons (Fsp3) is 0.611. The average Bonchev–Trinajstić information content (AvgIpc) is 2.51. The molecule has 1 aromatic rings. The van der Waals surface area contributed by atoms with Crippen molar-refractivity contribution in [3.8, 4) is 5.75 Å². The Hall–Kier alpha value is -1.71. The number of methoxy groups -OCH3 is 1. The molecule has 2 saturated carbocycles. The highest BCUT2D eigenvalue weighted by molar-refractivity contribution is 5.78. The van der Waals surface area contributed by atoms with E-state index in [1.54, 1.807) is 7.11 Å². The summed E-state index contributed by atoms with van der Waals surface area (Å²) in [4.78, 5) is 4.65. The molecular formula is C18H27N3O. The van der Waals surface area contributed by atoms with Gasteiger partial charge < -0.3 is 15.8 Å². The number of benzene rings is 1. The number of nitrogens with two attached hydrogens (primary N) is 1. The van der Waals surface area contributed by atoms with Gasteiger partial charge in [-0.25, -0.2) is 0 Å². The molecule has 4 heteroatoms. The lowest BCUT2D eigenvalue weighted by Gasteiger charge is -2.36. The molecule has 4 nitrogen and oxygen atoms in total. The minimum Gasteiger partial charge on any atom is -0.497 e. The summed E-state index contributed by atoms with van der Waals surface area (Å²) in [6, 6.07) is 9.28. The van der Waals surface area contributed by atoms with Crippen LogP contribution in [-0.2, 0) is 0 Å². The van der Waals surface area contributed by atoms with Gasteiger partial charge in [0.2, 0.25) is 0 Å². The van der Waals surface area contributed by atoms with Crippen LogP contribution in [0.2, 0.25) is 0 Å². The van der Waals surface area contributed by atoms with Gasteiger partial charge in [-0.2, -0.15) is 0 Å². The third kappa shape index (κ3) is 3.73. The Morgan fingerprint density at radius 3 is 2.73 bits per heavy atom. The van der Waals surface area contributed by atoms with Crippen LogP contribution in [0.15, 0.2) is 29.3 Å². The minimum atomic E-state index is 0.440. The van der Waals surface area contributed by atoms with Gasteiger partial charge in [-0.1, -0.05) is 31.4 Å². The summed E-state index contributed by atoms with van der Waals surface area (Å²) in [6.45, 7) is 0. The fourth-order valence-electron chi connectivity index (χ4n) is 3.56. The van der Waals surface area contributed by atoms with Crippen molar-refractivity contribution in [3.63, 3.8) is 0 Å². The zero-order valence-corrected chi connectivity index (χ0v) is 13.4. The molecule has 0 bridgehead atoms. The SMILES string of the molecule is COc1cccc(C2CC(NC(N)=NC3CCCCC3)C2)c1. The van der Waals surface area contributed by atoms with Crippen LogP contribution in [0.25, 0.3) is 0 Å². The first-order valence-corrected chi connectivity index (χ1v) is 8.48. The summed E-state index contributed by atoms with van der Waals surface area (Å²) >= 11 is 0. The second-order valence-electron chi connectivity index (χ2n) is 6.59. The van der Waals surface area contributed by atoms with Crippen molar-refractivity contribution >= 4 is 5.96 Å². The lowest BCUT2D eigenvalue weighted by Crippen LogP contribution is -2.47. The van der Waals surface area contributed by atoms with Crippen LogP contribution < -0.4 is 15.8 Å². The highest BCUT2D eigenvalue weighted by Gasteiger charge is 2.30. The molecule has 0 heterocycles. The number of hydrogen-bond acceptors (Lipinski definition) is 2. The first-order chi connectivity index (χ1) is 10.7. The van der Waals surface area contributed by atoms with Crippen molar-refractivity contribution in [1.29, 1.82) is 0 Å². The largest absolute Gasteiger partial charge is 0.497 e. The highest BCUT2D eigenvalue weighted by atomic mass is 16.5. The lowest BCUT2D eigenvalue weighted by atomic mass is 9.76. The predicted molar refractivity (Wildman–Crippen MR) is 90.4 cm³/mol. The van der Waals surface area contributed by atoms with Gasteiger partial charge >= 0.3 is 0 Å². The molecule has 2 aliphatic rings. The third-order valence-electron chi connectivity index (χ3n) is 4.95. The van der Waals surface area contributed by atoms with Gasteiger partial charge in [0.1, 0.15) is 5.75 Å². The smallest absolute Gasteiger partial charge is 0.189 e. The maximum absolute atomic E-state index is 6.06. The van der Waals surface area contributed by atoms with Crippen molar-refractivity contribution in [2.45, 2.75) is 62.9 Å². The van der Waals surface area contributed by atoms with E-state index in [1.165, 1.54) is 37.7 Å². The summed E-state index contributed by atoms with van der Waals surface area (Å²) in [6.07, 6.45) is 8.57. The van der Waals surface area contributed by atoms with E-state index in [1.807, 2.05) is 6.07 Å². The summed E-state index contributed by atoms with van der Waals surface area (Å²) in [5, 5.41) is 3.39. The third-order valence-corrected chi connectivity index (χ3v) is 4.95. The number of nitrogens with one attached hydrogen (secondary N) is 1. The maximum Gasteiger partial charge on any atom is 0.189 e. The Morgan fingerprint density at radius 1 is 1.23 bits per heavy atom. The maximum atomic E-state index is 6.06. The molecule has 0 radical (unpaired) electrons. The van der Waals surface area contributed by atoms with Gasteiger partial charge in [0.25, 0.3) is 0 Å². The van der Waals surface area contributed by atoms with Gasteiger partial charge in [-0.3, -0.25) is 4.99 Å². The Kier molecular flexibility index (Phi) is 4.86. The lowest BCUT2D eigenvalue weighted by molar-refractivity contribution is 0.321. The molecule has 22 heavy (non-hydrogen) atoms. The van der Waals surface area contributed by atoms with Crippen LogP contribution in [0.1, 0.15) is 56.4 Å². The Balaban J connectivity index is 1.47. The number of rotatable bonds is 4. The first kappa shape index (κ1) is 15.2. The molecule has 0 aliphatic heterocycles. The molecule has 3 N–H and O–H groups in total. The Labute approximate surface area is 133 Å². The highest BCUT2D eigenvalue weighted by Crippen LogP contribution is 2.37. The van der Waals surface area contributed by atoms with Crippen molar-refractivity contribution in [2.24, 2.45) is 10.7 Å². The second kappa shape index (κ2) is 7.03. The van der Waals surface area contributed by atoms with Crippen LogP contribution in [0.5, 0.6) is 5.75 Å². The molecule has 0 amide bonds. The summed E-state index contributed by atoms with van der Waals surface area (Å²) in [5.74, 6) is 2.18. The van der Waals surface area contributed by atoms with E-state index >= 15 is 0 Å². The Morgan fingerprint density at radius 2 is 2.00 bits per heavy atom. The van der Waals surface area contributed by atoms with Crippen LogP contribution in [0, 0.1) is 0 Å². The fourth-order valence-corrected chi connectivity index (χ4v) is 3.56. The summed E-state index contributed by atoms with van der Waals surface area (Å²) in [5.41, 5.74) is 7.42. The summed E-state index contributed by atoms with van der Waals surface area (Å²) < 4.78 is 5.29. The molecule has 2 aliphatic carbocycles. The topological polar surface area (TPSA) is 59.6 Å². The molecule has 3 rings (SSSR count). The first-order valence-electron chi connectivity index (χ1n) is 8.48. The van der Waals surface area contributed by atoms with Crippen molar-refractivity contribution in [1.82, 2.24) is 5.32 Å². The number of aliphatic imine (C=N–C) groups is 1. The van der Waals surface area contributed by atoms with Gasteiger partial charge in [0, 0.05) is 6.04 Å². The van der Waals surface area contributed by atoms with Crippen molar-refractivity contribution in [2.75, 3.05) is 7.11 Å². The van der Waals surface area contributed by atoms with Crippen LogP contribution in [-0.4, -0.2) is 25.2 Å². The Bertz CT molecular complexity index is 517. The molecule has 120 valence electrons. The number of nitrogens with zero attached hydrogens (tertiary/aromatic N) is 1. The zero-order valence-electron chi connectivity index (χ0n) is 13.4. The molecular weight excluding hydrogens is 274 g/mol. The number of ether oxygens (including phenoxy) is 1. The van der Waals surface area contributed by atoms with Crippen LogP contribution in [0.3, 0.4) is 0 Å². The van der Waals surface area contributed by atoms with E-state index < -0.39 is 0 Å². The normalized spacial score (nSPS) is 26.3. The molecule has 0 unspecified atom stereocenters. The van der Waals surface area contributed by atoms with Crippen LogP contribution >= 0.6 is 0 Å². The van der Waals surface area contributed by atoms with E-state index in [-0.39, 0.29) is 0 Å². The molecule has 0 atom stereocenters. The molecule has 0 saturated heterocycles. The van der Waals surface area contributed by atoms with E-state index in [9.17, 15) is 0 Å². The van der Waals surface area contributed by atoms with Gasteiger partial charge in [-0.05, 0) is 49.3 Å². The van der Waals surface area contributed by atoms with Gasteiger partial charge in [0.05, 0.1) is 13.2 Å². The zero-order chi connectivity index (χ0) is 15.4. The number of hydrogen-bond donors (Lipinski definition) is 2. The molecule has 2 fully saturated rings. The van der Waals surface area contributed by atoms with Gasteiger partial charge in [-0.15, -0.1) is 0 Å². The number of guanidine groups is 1. The van der Waals surface area contributed by atoms with Gasteiger partial charge in [0.15, 0.2) is 5.96 Å². The minimum absolute atomic E-state index is 0.440. The van der Waals surface area contributed by atoms with E-state index in [2.05, 4.69) is 28.5 Å². The molecule has 1 aromatic carbocycles. The second-order valence-corrected chi connectivity index (χ2v) is 6.59. The molecule has 0 spiro atoms. The quantitative estimate of drug-likeness (QED) is 0.663.